The number of carboxylic acid groups (broad SMARTS) is 1. The van der Waals surface area contributed by atoms with E-state index in [0.29, 0.717) is 17.4 Å². The predicted octanol–water partition coefficient (Wildman–Crippen LogP) is 3.79. The molecule has 2 atom stereocenters. The molecule has 0 heterocycles. The van der Waals surface area contributed by atoms with Gasteiger partial charge in [-0.1, -0.05) is 25.5 Å². The smallest absolute Gasteiger partial charge is 0.306 e. The Hall–Kier alpha value is -1.07. The molecule has 21 heavy (non-hydrogen) atoms. The molecule has 0 saturated carbocycles. The van der Waals surface area contributed by atoms with Gasteiger partial charge in [0.15, 0.2) is 0 Å². The normalized spacial score (nSPS) is 13.9. The second-order valence-electron chi connectivity index (χ2n) is 5.30. The third-order valence-electron chi connectivity index (χ3n) is 3.38. The number of hydrogen-bond acceptors (Lipinski definition) is 3. The zero-order chi connectivity index (χ0) is 15.7. The molecule has 2 N–H and O–H groups in total. The molecular weight excluding hydrogens is 289 g/mol. The fourth-order valence-corrected chi connectivity index (χ4v) is 2.80. The van der Waals surface area contributed by atoms with E-state index in [4.69, 9.17) is 5.11 Å². The van der Waals surface area contributed by atoms with Crippen molar-refractivity contribution in [3.05, 3.63) is 30.1 Å². The molecule has 0 fully saturated rings. The van der Waals surface area contributed by atoms with Crippen molar-refractivity contribution in [3.63, 3.8) is 0 Å². The monoisotopic (exact) mass is 313 g/mol. The maximum atomic E-state index is 13.4. The quantitative estimate of drug-likeness (QED) is 0.510. The molecule has 118 valence electrons. The minimum absolute atomic E-state index is 0.168. The number of thioether (sulfide) groups is 1. The number of halogens is 1. The van der Waals surface area contributed by atoms with E-state index < -0.39 is 5.97 Å². The van der Waals surface area contributed by atoms with Crippen LogP contribution in [-0.2, 0) is 4.79 Å². The van der Waals surface area contributed by atoms with Crippen LogP contribution in [-0.4, -0.2) is 29.4 Å². The number of carboxylic acids is 1. The van der Waals surface area contributed by atoms with Crippen LogP contribution in [0.1, 0.15) is 33.1 Å². The molecule has 0 bridgehead atoms. The van der Waals surface area contributed by atoms with Gasteiger partial charge in [0.25, 0.3) is 0 Å². The van der Waals surface area contributed by atoms with E-state index in [1.807, 2.05) is 6.07 Å². The van der Waals surface area contributed by atoms with E-state index in [9.17, 15) is 9.18 Å². The van der Waals surface area contributed by atoms with Crippen molar-refractivity contribution in [2.45, 2.75) is 44.0 Å². The lowest BCUT2D eigenvalue weighted by Gasteiger charge is -2.14. The van der Waals surface area contributed by atoms with Gasteiger partial charge in [0.05, 0.1) is 5.92 Å². The predicted molar refractivity (Wildman–Crippen MR) is 85.2 cm³/mol. The second kappa shape index (κ2) is 9.79. The molecule has 1 aromatic rings. The summed E-state index contributed by atoms with van der Waals surface area (Å²) in [5.41, 5.74) is 0. The molecular formula is C16H24FNO2S. The van der Waals surface area contributed by atoms with E-state index in [1.165, 1.54) is 17.8 Å². The Morgan fingerprint density at radius 1 is 1.33 bits per heavy atom. The molecule has 0 aromatic heterocycles. The average Bonchev–Trinajstić information content (AvgIpc) is 2.45. The lowest BCUT2D eigenvalue weighted by Crippen LogP contribution is -2.28. The number of nitrogens with one attached hydrogen (secondary N) is 1. The summed E-state index contributed by atoms with van der Waals surface area (Å²) >= 11 is 1.51. The van der Waals surface area contributed by atoms with Gasteiger partial charge in [0, 0.05) is 23.2 Å². The first kappa shape index (κ1) is 18.0. The number of hydrogen-bond donors (Lipinski definition) is 2. The zero-order valence-electron chi connectivity index (χ0n) is 12.6. The van der Waals surface area contributed by atoms with Gasteiger partial charge >= 0.3 is 5.97 Å². The molecule has 5 heteroatoms. The van der Waals surface area contributed by atoms with Crippen LogP contribution in [0.5, 0.6) is 0 Å². The summed E-state index contributed by atoms with van der Waals surface area (Å²) in [6.45, 7) is 4.65. The third kappa shape index (κ3) is 7.48. The molecule has 0 spiro atoms. The van der Waals surface area contributed by atoms with Crippen LogP contribution in [0.25, 0.3) is 0 Å². The molecule has 1 aromatic carbocycles. The summed E-state index contributed by atoms with van der Waals surface area (Å²) < 4.78 is 13.4. The number of benzene rings is 1. The molecule has 0 saturated heterocycles. The van der Waals surface area contributed by atoms with Crippen molar-refractivity contribution in [2.75, 3.05) is 12.3 Å². The van der Waals surface area contributed by atoms with Gasteiger partial charge in [-0.2, -0.15) is 0 Å². The topological polar surface area (TPSA) is 49.3 Å². The lowest BCUT2D eigenvalue weighted by molar-refractivity contribution is -0.141. The van der Waals surface area contributed by atoms with Crippen molar-refractivity contribution < 1.29 is 14.3 Å². The molecule has 0 aliphatic rings. The molecule has 0 amide bonds. The van der Waals surface area contributed by atoms with Crippen LogP contribution < -0.4 is 5.32 Å². The first-order valence-corrected chi connectivity index (χ1v) is 8.32. The largest absolute Gasteiger partial charge is 0.481 e. The van der Waals surface area contributed by atoms with Gasteiger partial charge in [-0.15, -0.1) is 11.8 Å². The van der Waals surface area contributed by atoms with Crippen molar-refractivity contribution in [3.8, 4) is 0 Å². The van der Waals surface area contributed by atoms with E-state index >= 15 is 0 Å². The van der Waals surface area contributed by atoms with Gasteiger partial charge in [-0.05, 0) is 31.9 Å². The third-order valence-corrected chi connectivity index (χ3v) is 4.44. The van der Waals surface area contributed by atoms with Crippen molar-refractivity contribution >= 4 is 17.7 Å². The van der Waals surface area contributed by atoms with Crippen LogP contribution in [0, 0.1) is 11.7 Å². The molecule has 0 aliphatic carbocycles. The Bertz CT molecular complexity index is 442. The second-order valence-corrected chi connectivity index (χ2v) is 6.44. The van der Waals surface area contributed by atoms with Crippen LogP contribution in [0.15, 0.2) is 29.2 Å². The van der Waals surface area contributed by atoms with Crippen molar-refractivity contribution in [1.29, 1.82) is 0 Å². The fraction of sp³-hybridized carbons (Fsp3) is 0.562. The number of aliphatic carboxylic acids is 1. The van der Waals surface area contributed by atoms with E-state index in [2.05, 4.69) is 12.2 Å². The molecule has 3 nitrogen and oxygen atoms in total. The van der Waals surface area contributed by atoms with Crippen molar-refractivity contribution in [2.24, 2.45) is 5.92 Å². The Morgan fingerprint density at radius 3 is 2.71 bits per heavy atom. The highest BCUT2D eigenvalue weighted by atomic mass is 32.2. The maximum Gasteiger partial charge on any atom is 0.306 e. The Kier molecular flexibility index (Phi) is 8.38. The molecule has 2 unspecified atom stereocenters. The van der Waals surface area contributed by atoms with E-state index in [1.54, 1.807) is 19.1 Å². The number of rotatable bonds is 10. The minimum atomic E-state index is -0.725. The van der Waals surface area contributed by atoms with Crippen LogP contribution >= 0.6 is 11.8 Å². The van der Waals surface area contributed by atoms with Gasteiger partial charge in [0.1, 0.15) is 5.82 Å². The highest BCUT2D eigenvalue weighted by molar-refractivity contribution is 7.99. The van der Waals surface area contributed by atoms with Crippen LogP contribution in [0.3, 0.4) is 0 Å². The Morgan fingerprint density at radius 2 is 2.05 bits per heavy atom. The van der Waals surface area contributed by atoms with Crippen LogP contribution in [0.4, 0.5) is 4.39 Å². The summed E-state index contributed by atoms with van der Waals surface area (Å²) in [4.78, 5) is 11.4. The lowest BCUT2D eigenvalue weighted by atomic mass is 10.0. The van der Waals surface area contributed by atoms with Crippen molar-refractivity contribution in [1.82, 2.24) is 5.32 Å². The van der Waals surface area contributed by atoms with Gasteiger partial charge in [-0.25, -0.2) is 4.39 Å². The van der Waals surface area contributed by atoms with Gasteiger partial charge < -0.3 is 10.4 Å². The fourth-order valence-electron chi connectivity index (χ4n) is 1.98. The van der Waals surface area contributed by atoms with E-state index in [-0.39, 0.29) is 11.7 Å². The first-order valence-electron chi connectivity index (χ1n) is 7.34. The molecule has 0 radical (unpaired) electrons. The Balaban J connectivity index is 2.10. The van der Waals surface area contributed by atoms with E-state index in [0.717, 1.165) is 25.1 Å². The van der Waals surface area contributed by atoms with Gasteiger partial charge in [0.2, 0.25) is 0 Å². The summed E-state index contributed by atoms with van der Waals surface area (Å²) in [7, 11) is 0. The summed E-state index contributed by atoms with van der Waals surface area (Å²) in [5, 5.41) is 12.2. The molecule has 0 aliphatic heterocycles. The minimum Gasteiger partial charge on any atom is -0.481 e. The van der Waals surface area contributed by atoms with Gasteiger partial charge in [-0.3, -0.25) is 4.79 Å². The maximum absolute atomic E-state index is 13.4. The summed E-state index contributed by atoms with van der Waals surface area (Å²) in [6.07, 6.45) is 2.58. The average molecular weight is 313 g/mol. The standard InChI is InChI=1S/C16H24FNO2S/c1-12(16(19)20)6-5-7-13(2)18-10-11-21-15-9-4-3-8-14(15)17/h3-4,8-9,12-13,18H,5-7,10-11H2,1-2H3,(H,19,20). The summed E-state index contributed by atoms with van der Waals surface area (Å²) in [6, 6.07) is 7.15. The number of carbonyl (C=O) groups is 1. The Labute approximate surface area is 130 Å². The SMILES string of the molecule is CC(CCCC(C)C(=O)O)NCCSc1ccccc1F. The van der Waals surface area contributed by atoms with Crippen LogP contribution in [0.2, 0.25) is 0 Å². The highest BCUT2D eigenvalue weighted by Crippen LogP contribution is 2.20. The highest BCUT2D eigenvalue weighted by Gasteiger charge is 2.11. The molecule has 1 rings (SSSR count). The summed E-state index contributed by atoms with van der Waals surface area (Å²) in [5.74, 6) is -0.347. The first-order chi connectivity index (χ1) is 10.0. The zero-order valence-corrected chi connectivity index (χ0v) is 13.5.